The third kappa shape index (κ3) is 7.28. The van der Waals surface area contributed by atoms with Gasteiger partial charge in [-0.3, -0.25) is 0 Å². The topological polar surface area (TPSA) is 52.6 Å². The summed E-state index contributed by atoms with van der Waals surface area (Å²) in [5, 5.41) is 0. The molecule has 264 valence electrons. The van der Waals surface area contributed by atoms with Crippen LogP contribution in [0.25, 0.3) is 0 Å². The molecule has 5 aromatic rings. The van der Waals surface area contributed by atoms with Crippen molar-refractivity contribution in [2.75, 3.05) is 0 Å². The Morgan fingerprint density at radius 2 is 1.04 bits per heavy atom. The minimum atomic E-state index is -0.659. The number of esters is 2. The van der Waals surface area contributed by atoms with E-state index in [0.717, 1.165) is 40.7 Å². The summed E-state index contributed by atoms with van der Waals surface area (Å²) < 4.78 is 11.6. The monoisotopic (exact) mass is 680 g/mol. The van der Waals surface area contributed by atoms with Crippen molar-refractivity contribution < 1.29 is 19.1 Å². The number of hydrogen-bond donors (Lipinski definition) is 0. The lowest BCUT2D eigenvalue weighted by Crippen LogP contribution is -2.32. The normalized spacial score (nSPS) is 12.3. The fourth-order valence-electron chi connectivity index (χ4n) is 7.70. The summed E-state index contributed by atoms with van der Waals surface area (Å²) in [5.74, 6) is -0.474. The minimum Gasteiger partial charge on any atom is -0.459 e. The van der Waals surface area contributed by atoms with Gasteiger partial charge in [0.25, 0.3) is 0 Å². The van der Waals surface area contributed by atoms with E-state index in [1.807, 2.05) is 27.7 Å². The number of carbonyl (C=O) groups excluding carboxylic acids is 2. The zero-order valence-electron chi connectivity index (χ0n) is 31.7. The first-order chi connectivity index (χ1) is 24.4. The highest BCUT2D eigenvalue weighted by atomic mass is 16.5. The Labute approximate surface area is 304 Å². The molecule has 0 radical (unpaired) electrons. The van der Waals surface area contributed by atoms with Gasteiger partial charge in [0.15, 0.2) is 0 Å². The molecule has 0 aliphatic carbocycles. The van der Waals surface area contributed by atoms with E-state index in [-0.39, 0.29) is 17.1 Å². The molecule has 4 heteroatoms. The van der Waals surface area contributed by atoms with E-state index in [9.17, 15) is 9.59 Å². The summed E-state index contributed by atoms with van der Waals surface area (Å²) >= 11 is 0. The molecule has 1 atom stereocenters. The van der Waals surface area contributed by atoms with Crippen LogP contribution in [0, 0.1) is 27.7 Å². The lowest BCUT2D eigenvalue weighted by molar-refractivity contribution is 0.0334. The van der Waals surface area contributed by atoms with Gasteiger partial charge in [-0.05, 0) is 128 Å². The maximum Gasteiger partial charge on any atom is 0.343 e. The minimum absolute atomic E-state index is 0.0846. The predicted molar refractivity (Wildman–Crippen MR) is 208 cm³/mol. The van der Waals surface area contributed by atoms with Crippen LogP contribution >= 0.6 is 0 Å². The van der Waals surface area contributed by atoms with Gasteiger partial charge in [-0.25, -0.2) is 9.59 Å². The molecule has 0 N–H and O–H groups in total. The highest BCUT2D eigenvalue weighted by molar-refractivity contribution is 5.96. The molecule has 5 aromatic carbocycles. The molecular formula is C47H52O4. The van der Waals surface area contributed by atoms with Gasteiger partial charge in [0.05, 0.1) is 22.6 Å². The third-order valence-corrected chi connectivity index (χ3v) is 10.8. The maximum absolute atomic E-state index is 13.6. The molecule has 0 saturated heterocycles. The van der Waals surface area contributed by atoms with E-state index in [1.54, 1.807) is 18.2 Å². The Bertz CT molecular complexity index is 1920. The van der Waals surface area contributed by atoms with Crippen molar-refractivity contribution in [3.63, 3.8) is 0 Å². The zero-order valence-corrected chi connectivity index (χ0v) is 31.7. The van der Waals surface area contributed by atoms with E-state index < -0.39 is 17.4 Å². The largest absolute Gasteiger partial charge is 0.459 e. The standard InChI is InChI=1S/C47H52O4/c1-10-35(8)50-44(48)36-20-19-21-37(30-36)45(49)51-43-33(6)28-41(29-34(43)7)47(38-22-15-13-16-23-38,39-24-17-14-18-25-39)40-26-31(4)42(32(5)27-40)46(9,11-2)12-3/h13-30,35H,10-12H2,1-9H3. The van der Waals surface area contributed by atoms with Crippen LogP contribution in [0.15, 0.2) is 109 Å². The molecule has 5 rings (SSSR count). The second-order valence-corrected chi connectivity index (χ2v) is 14.3. The van der Waals surface area contributed by atoms with Gasteiger partial charge in [-0.15, -0.1) is 0 Å². The Kier molecular flexibility index (Phi) is 11.3. The van der Waals surface area contributed by atoms with E-state index in [1.165, 1.54) is 28.3 Å². The highest BCUT2D eigenvalue weighted by Gasteiger charge is 2.40. The van der Waals surface area contributed by atoms with Crippen LogP contribution in [0.3, 0.4) is 0 Å². The average Bonchev–Trinajstić information content (AvgIpc) is 3.13. The molecule has 0 aromatic heterocycles. The summed E-state index contributed by atoms with van der Waals surface area (Å²) in [5.41, 5.74) is 10.3. The van der Waals surface area contributed by atoms with Crippen molar-refractivity contribution in [2.24, 2.45) is 0 Å². The van der Waals surface area contributed by atoms with Crippen molar-refractivity contribution in [1.82, 2.24) is 0 Å². The Hall–Kier alpha value is -4.96. The van der Waals surface area contributed by atoms with E-state index in [0.29, 0.717) is 17.7 Å². The molecular weight excluding hydrogens is 629 g/mol. The fraction of sp³-hybridized carbons (Fsp3) is 0.319. The van der Waals surface area contributed by atoms with Gasteiger partial charge in [0.1, 0.15) is 5.75 Å². The maximum atomic E-state index is 13.6. The molecule has 0 saturated carbocycles. The number of aryl methyl sites for hydroxylation is 4. The van der Waals surface area contributed by atoms with Crippen LogP contribution in [0.1, 0.15) is 125 Å². The smallest absolute Gasteiger partial charge is 0.343 e. The van der Waals surface area contributed by atoms with Crippen LogP contribution < -0.4 is 4.74 Å². The Balaban J connectivity index is 1.67. The second-order valence-electron chi connectivity index (χ2n) is 14.3. The van der Waals surface area contributed by atoms with Crippen LogP contribution in [0.2, 0.25) is 0 Å². The molecule has 0 spiro atoms. The van der Waals surface area contributed by atoms with Crippen LogP contribution in [0.4, 0.5) is 0 Å². The van der Waals surface area contributed by atoms with Gasteiger partial charge in [0, 0.05) is 0 Å². The molecule has 0 amide bonds. The van der Waals surface area contributed by atoms with E-state index in [4.69, 9.17) is 9.47 Å². The van der Waals surface area contributed by atoms with Crippen molar-refractivity contribution in [1.29, 1.82) is 0 Å². The summed E-state index contributed by atoms with van der Waals surface area (Å²) in [6, 6.07) is 37.0. The number of rotatable bonds is 12. The summed E-state index contributed by atoms with van der Waals surface area (Å²) in [6.07, 6.45) is 2.63. The molecule has 51 heavy (non-hydrogen) atoms. The Morgan fingerprint density at radius 3 is 1.49 bits per heavy atom. The van der Waals surface area contributed by atoms with Crippen LogP contribution in [-0.4, -0.2) is 18.0 Å². The van der Waals surface area contributed by atoms with Crippen molar-refractivity contribution >= 4 is 11.9 Å². The molecule has 0 bridgehead atoms. The van der Waals surface area contributed by atoms with E-state index in [2.05, 4.69) is 120 Å². The summed E-state index contributed by atoms with van der Waals surface area (Å²) in [4.78, 5) is 26.3. The van der Waals surface area contributed by atoms with Crippen molar-refractivity contribution in [3.05, 3.63) is 170 Å². The molecule has 0 aliphatic rings. The Morgan fingerprint density at radius 1 is 0.588 bits per heavy atom. The molecule has 0 heterocycles. The van der Waals surface area contributed by atoms with Crippen LogP contribution in [0.5, 0.6) is 5.75 Å². The zero-order chi connectivity index (χ0) is 36.9. The first-order valence-electron chi connectivity index (χ1n) is 18.3. The third-order valence-electron chi connectivity index (χ3n) is 10.8. The van der Waals surface area contributed by atoms with Crippen molar-refractivity contribution in [3.8, 4) is 5.75 Å². The number of carbonyl (C=O) groups is 2. The predicted octanol–water partition coefficient (Wildman–Crippen LogP) is 11.6. The summed E-state index contributed by atoms with van der Waals surface area (Å²) in [7, 11) is 0. The molecule has 1 unspecified atom stereocenters. The lowest BCUT2D eigenvalue weighted by atomic mass is 9.63. The van der Waals surface area contributed by atoms with Gasteiger partial charge in [-0.2, -0.15) is 0 Å². The van der Waals surface area contributed by atoms with Gasteiger partial charge in [0.2, 0.25) is 0 Å². The van der Waals surface area contributed by atoms with E-state index >= 15 is 0 Å². The van der Waals surface area contributed by atoms with Crippen molar-refractivity contribution in [2.45, 2.75) is 98.5 Å². The first kappa shape index (κ1) is 37.3. The SMILES string of the molecule is CCC(C)OC(=O)c1cccc(C(=O)Oc2c(C)cc(C(c3ccccc3)(c3ccccc3)c3cc(C)c(C(C)(CC)CC)c(C)c3)cc2C)c1. The van der Waals surface area contributed by atoms with Gasteiger partial charge < -0.3 is 9.47 Å². The summed E-state index contributed by atoms with van der Waals surface area (Å²) in [6.45, 7) is 19.3. The number of benzene rings is 5. The highest BCUT2D eigenvalue weighted by Crippen LogP contribution is 2.48. The number of ether oxygens (including phenoxy) is 2. The first-order valence-corrected chi connectivity index (χ1v) is 18.3. The van der Waals surface area contributed by atoms with Gasteiger partial charge in [-0.1, -0.05) is 119 Å². The molecule has 4 nitrogen and oxygen atoms in total. The average molecular weight is 681 g/mol. The van der Waals surface area contributed by atoms with Gasteiger partial charge >= 0.3 is 11.9 Å². The molecule has 0 aliphatic heterocycles. The molecule has 0 fully saturated rings. The number of hydrogen-bond acceptors (Lipinski definition) is 4. The van der Waals surface area contributed by atoms with Crippen LogP contribution in [-0.2, 0) is 15.6 Å². The fourth-order valence-corrected chi connectivity index (χ4v) is 7.70. The quantitative estimate of drug-likeness (QED) is 0.0748. The second kappa shape index (κ2) is 15.5. The lowest BCUT2D eigenvalue weighted by Gasteiger charge is -2.39.